The summed E-state index contributed by atoms with van der Waals surface area (Å²) >= 11 is 0. The molecule has 0 bridgehead atoms. The minimum Gasteiger partial charge on any atom is -0.306 e. The standard InChI is InChI=1S/C17H16N4O/c22-15(10-21-11-20-16-17(21)19-8-7-18-16)14-6-5-12-3-1-2-4-13(12)9-14/h5-9,11H,1-4,10H2. The Morgan fingerprint density at radius 2 is 1.86 bits per heavy atom. The molecule has 4 rings (SSSR count). The van der Waals surface area contributed by atoms with Crippen molar-refractivity contribution in [3.63, 3.8) is 0 Å². The van der Waals surface area contributed by atoms with Crippen molar-refractivity contribution in [3.8, 4) is 0 Å². The number of hydrogen-bond acceptors (Lipinski definition) is 4. The zero-order valence-electron chi connectivity index (χ0n) is 12.2. The van der Waals surface area contributed by atoms with Gasteiger partial charge in [-0.1, -0.05) is 12.1 Å². The van der Waals surface area contributed by atoms with Crippen LogP contribution in [0.5, 0.6) is 0 Å². The molecule has 0 saturated carbocycles. The van der Waals surface area contributed by atoms with E-state index in [0.717, 1.165) is 18.4 Å². The number of carbonyl (C=O) groups excluding carboxylic acids is 1. The predicted molar refractivity (Wildman–Crippen MR) is 82.7 cm³/mol. The highest BCUT2D eigenvalue weighted by Gasteiger charge is 2.14. The van der Waals surface area contributed by atoms with Gasteiger partial charge >= 0.3 is 0 Å². The molecular formula is C17H16N4O. The van der Waals surface area contributed by atoms with E-state index in [1.54, 1.807) is 23.3 Å². The van der Waals surface area contributed by atoms with Crippen LogP contribution in [0.15, 0.2) is 36.9 Å². The van der Waals surface area contributed by atoms with Crippen LogP contribution < -0.4 is 0 Å². The van der Waals surface area contributed by atoms with Gasteiger partial charge in [0.25, 0.3) is 0 Å². The lowest BCUT2D eigenvalue weighted by molar-refractivity contribution is 0.0973. The molecule has 0 saturated heterocycles. The Morgan fingerprint density at radius 1 is 1.05 bits per heavy atom. The molecule has 0 spiro atoms. The largest absolute Gasteiger partial charge is 0.306 e. The van der Waals surface area contributed by atoms with E-state index in [0.29, 0.717) is 11.3 Å². The van der Waals surface area contributed by atoms with Crippen LogP contribution in [0.4, 0.5) is 0 Å². The maximum Gasteiger partial charge on any atom is 0.197 e. The van der Waals surface area contributed by atoms with Crippen molar-refractivity contribution >= 4 is 17.1 Å². The van der Waals surface area contributed by atoms with Gasteiger partial charge in [-0.2, -0.15) is 0 Å². The van der Waals surface area contributed by atoms with Gasteiger partial charge in [0.05, 0.1) is 12.9 Å². The number of rotatable bonds is 3. The third kappa shape index (κ3) is 2.28. The van der Waals surface area contributed by atoms with Gasteiger partial charge in [-0.25, -0.2) is 15.0 Å². The van der Waals surface area contributed by atoms with E-state index < -0.39 is 0 Å². The number of benzene rings is 1. The smallest absolute Gasteiger partial charge is 0.197 e. The zero-order valence-corrected chi connectivity index (χ0v) is 12.2. The fraction of sp³-hybridized carbons (Fsp3) is 0.294. The first-order chi connectivity index (χ1) is 10.8. The fourth-order valence-electron chi connectivity index (χ4n) is 3.06. The summed E-state index contributed by atoms with van der Waals surface area (Å²) in [4.78, 5) is 25.1. The number of hydrogen-bond donors (Lipinski definition) is 0. The highest BCUT2D eigenvalue weighted by molar-refractivity contribution is 5.96. The van der Waals surface area contributed by atoms with Crippen LogP contribution in [0.2, 0.25) is 0 Å². The minimum absolute atomic E-state index is 0.0818. The normalized spacial score (nSPS) is 14.0. The molecule has 2 aromatic heterocycles. The second kappa shape index (κ2) is 5.33. The first-order valence-electron chi connectivity index (χ1n) is 7.58. The van der Waals surface area contributed by atoms with Gasteiger partial charge in [0.15, 0.2) is 17.1 Å². The number of Topliss-reactive ketones (excluding diaryl/α,β-unsaturated/α-hetero) is 1. The molecule has 5 nitrogen and oxygen atoms in total. The van der Waals surface area contributed by atoms with Crippen LogP contribution in [-0.4, -0.2) is 25.3 Å². The molecule has 2 heterocycles. The van der Waals surface area contributed by atoms with Gasteiger partial charge < -0.3 is 4.57 Å². The number of ketones is 1. The number of aryl methyl sites for hydroxylation is 2. The maximum atomic E-state index is 12.5. The summed E-state index contributed by atoms with van der Waals surface area (Å²) in [5.41, 5.74) is 4.70. The summed E-state index contributed by atoms with van der Waals surface area (Å²) in [5.74, 6) is 0.0818. The summed E-state index contributed by atoms with van der Waals surface area (Å²) in [6.07, 6.45) is 9.52. The van der Waals surface area contributed by atoms with Gasteiger partial charge in [-0.15, -0.1) is 0 Å². The van der Waals surface area contributed by atoms with Crippen LogP contribution >= 0.6 is 0 Å². The molecule has 0 amide bonds. The van der Waals surface area contributed by atoms with Crippen LogP contribution in [0, 0.1) is 0 Å². The molecule has 0 fully saturated rings. The molecule has 1 aliphatic rings. The second-order valence-corrected chi connectivity index (χ2v) is 5.69. The molecule has 1 aromatic carbocycles. The number of aromatic nitrogens is 4. The Kier molecular flexibility index (Phi) is 3.18. The van der Waals surface area contributed by atoms with Gasteiger partial charge in [0.1, 0.15) is 0 Å². The summed E-state index contributed by atoms with van der Waals surface area (Å²) < 4.78 is 1.75. The third-order valence-electron chi connectivity index (χ3n) is 4.24. The number of imidazole rings is 1. The first-order valence-corrected chi connectivity index (χ1v) is 7.58. The van der Waals surface area contributed by atoms with Crippen molar-refractivity contribution < 1.29 is 4.79 Å². The van der Waals surface area contributed by atoms with E-state index in [1.807, 2.05) is 6.07 Å². The van der Waals surface area contributed by atoms with E-state index in [-0.39, 0.29) is 12.3 Å². The van der Waals surface area contributed by atoms with E-state index in [1.165, 1.54) is 24.0 Å². The monoisotopic (exact) mass is 292 g/mol. The van der Waals surface area contributed by atoms with Gasteiger partial charge in [-0.05, 0) is 42.9 Å². The lowest BCUT2D eigenvalue weighted by Crippen LogP contribution is -2.12. The van der Waals surface area contributed by atoms with Crippen molar-refractivity contribution in [1.29, 1.82) is 0 Å². The Bertz CT molecular complexity index is 853. The van der Waals surface area contributed by atoms with E-state index >= 15 is 0 Å². The Hall–Kier alpha value is -2.56. The molecule has 110 valence electrons. The Balaban J connectivity index is 1.62. The van der Waals surface area contributed by atoms with Crippen LogP contribution in [0.25, 0.3) is 11.3 Å². The molecule has 0 atom stereocenters. The minimum atomic E-state index is 0.0818. The topological polar surface area (TPSA) is 60.7 Å². The average Bonchev–Trinajstić information content (AvgIpc) is 2.97. The van der Waals surface area contributed by atoms with Crippen LogP contribution in [0.1, 0.15) is 34.3 Å². The molecule has 0 aliphatic heterocycles. The molecule has 5 heteroatoms. The quantitative estimate of drug-likeness (QED) is 0.696. The number of fused-ring (bicyclic) bond motifs is 2. The summed E-state index contributed by atoms with van der Waals surface area (Å²) in [6, 6.07) is 6.10. The number of carbonyl (C=O) groups is 1. The van der Waals surface area contributed by atoms with Crippen molar-refractivity contribution in [2.45, 2.75) is 32.2 Å². The predicted octanol–water partition coefficient (Wildman–Crippen LogP) is 2.59. The van der Waals surface area contributed by atoms with Crippen molar-refractivity contribution in [3.05, 3.63) is 53.6 Å². The van der Waals surface area contributed by atoms with Gasteiger partial charge in [-0.3, -0.25) is 4.79 Å². The summed E-state index contributed by atoms with van der Waals surface area (Å²) in [6.45, 7) is 0.244. The average molecular weight is 292 g/mol. The molecule has 22 heavy (non-hydrogen) atoms. The molecule has 0 N–H and O–H groups in total. The van der Waals surface area contributed by atoms with Crippen molar-refractivity contribution in [2.75, 3.05) is 0 Å². The number of nitrogens with zero attached hydrogens (tertiary/aromatic N) is 4. The molecule has 0 unspecified atom stereocenters. The summed E-state index contributed by atoms with van der Waals surface area (Å²) in [7, 11) is 0. The van der Waals surface area contributed by atoms with Crippen molar-refractivity contribution in [1.82, 2.24) is 19.5 Å². The second-order valence-electron chi connectivity index (χ2n) is 5.69. The van der Waals surface area contributed by atoms with Gasteiger partial charge in [0.2, 0.25) is 0 Å². The van der Waals surface area contributed by atoms with Crippen LogP contribution in [0.3, 0.4) is 0 Å². The lowest BCUT2D eigenvalue weighted by Gasteiger charge is -2.16. The first kappa shape index (κ1) is 13.1. The Morgan fingerprint density at radius 3 is 2.77 bits per heavy atom. The molecule has 3 aromatic rings. The third-order valence-corrected chi connectivity index (χ3v) is 4.24. The van der Waals surface area contributed by atoms with Crippen molar-refractivity contribution in [2.24, 2.45) is 0 Å². The molecular weight excluding hydrogens is 276 g/mol. The summed E-state index contributed by atoms with van der Waals surface area (Å²) in [5, 5.41) is 0. The fourth-order valence-corrected chi connectivity index (χ4v) is 3.06. The van der Waals surface area contributed by atoms with Crippen LogP contribution in [-0.2, 0) is 19.4 Å². The highest BCUT2D eigenvalue weighted by Crippen LogP contribution is 2.22. The van der Waals surface area contributed by atoms with Gasteiger partial charge in [0, 0.05) is 18.0 Å². The zero-order chi connectivity index (χ0) is 14.9. The molecule has 0 radical (unpaired) electrons. The molecule has 1 aliphatic carbocycles. The van der Waals surface area contributed by atoms with E-state index in [2.05, 4.69) is 27.1 Å². The van der Waals surface area contributed by atoms with E-state index in [9.17, 15) is 4.79 Å². The van der Waals surface area contributed by atoms with E-state index in [4.69, 9.17) is 0 Å². The SMILES string of the molecule is O=C(Cn1cnc2nccnc21)c1ccc2c(c1)CCCC2. The highest BCUT2D eigenvalue weighted by atomic mass is 16.1. The maximum absolute atomic E-state index is 12.5. The lowest BCUT2D eigenvalue weighted by atomic mass is 9.90. The Labute approximate surface area is 128 Å².